The molecule has 0 aliphatic heterocycles. The summed E-state index contributed by atoms with van der Waals surface area (Å²) in [5.41, 5.74) is 1.07. The largest absolute Gasteiger partial charge is 0.468 e. The molecular formula is C18H30N6O. The second kappa shape index (κ2) is 9.88. The first kappa shape index (κ1) is 19.1. The minimum absolute atomic E-state index is 0.172. The molecule has 0 fully saturated rings. The molecule has 0 amide bonds. The molecule has 25 heavy (non-hydrogen) atoms. The number of rotatable bonds is 9. The topological polar surface area (TPSA) is 70.6 Å². The van der Waals surface area contributed by atoms with Crippen molar-refractivity contribution in [1.29, 1.82) is 0 Å². The Kier molecular flexibility index (Phi) is 7.53. The minimum atomic E-state index is 0.172. The normalized spacial score (nSPS) is 13.2. The van der Waals surface area contributed by atoms with Gasteiger partial charge in [-0.3, -0.25) is 9.58 Å². The fourth-order valence-electron chi connectivity index (χ4n) is 2.81. The van der Waals surface area contributed by atoms with E-state index < -0.39 is 0 Å². The molecule has 7 heteroatoms. The van der Waals surface area contributed by atoms with Gasteiger partial charge in [0, 0.05) is 26.3 Å². The lowest BCUT2D eigenvalue weighted by atomic mass is 10.2. The fraction of sp³-hybridized carbons (Fsp3) is 0.556. The highest BCUT2D eigenvalue weighted by Gasteiger charge is 2.20. The Balaban J connectivity index is 2.05. The second-order valence-electron chi connectivity index (χ2n) is 5.77. The molecule has 0 aliphatic rings. The standard InChI is InChI=1S/C18H30N6O/c1-5-19-18(20-13-15-10-11-22-23(15)4)21-14-16(24(6-2)7-3)17-9-8-12-25-17/h8-12,16H,5-7,13-14H2,1-4H3,(H2,19,20,21). The van der Waals surface area contributed by atoms with Crippen molar-refractivity contribution in [1.82, 2.24) is 25.3 Å². The molecule has 0 radical (unpaired) electrons. The zero-order chi connectivity index (χ0) is 18.1. The van der Waals surface area contributed by atoms with Crippen molar-refractivity contribution in [3.8, 4) is 0 Å². The summed E-state index contributed by atoms with van der Waals surface area (Å²) < 4.78 is 7.50. The molecule has 1 atom stereocenters. The van der Waals surface area contributed by atoms with E-state index in [4.69, 9.17) is 4.42 Å². The molecule has 2 heterocycles. The van der Waals surface area contributed by atoms with Gasteiger partial charge in [-0.25, -0.2) is 4.99 Å². The summed E-state index contributed by atoms with van der Waals surface area (Å²) in [7, 11) is 1.93. The first-order valence-corrected chi connectivity index (χ1v) is 8.96. The molecule has 0 aliphatic carbocycles. The summed E-state index contributed by atoms with van der Waals surface area (Å²) in [6.07, 6.45) is 3.52. The first-order valence-electron chi connectivity index (χ1n) is 8.96. The van der Waals surface area contributed by atoms with Gasteiger partial charge in [0.15, 0.2) is 5.96 Å². The minimum Gasteiger partial charge on any atom is -0.468 e. The van der Waals surface area contributed by atoms with Crippen LogP contribution in [0, 0.1) is 0 Å². The van der Waals surface area contributed by atoms with Crippen LogP contribution in [0.15, 0.2) is 40.1 Å². The van der Waals surface area contributed by atoms with E-state index in [0.717, 1.165) is 43.6 Å². The third-order valence-corrected chi connectivity index (χ3v) is 4.25. The Morgan fingerprint density at radius 3 is 2.64 bits per heavy atom. The summed E-state index contributed by atoms with van der Waals surface area (Å²) in [6, 6.07) is 6.12. The highest BCUT2D eigenvalue weighted by Crippen LogP contribution is 2.20. The van der Waals surface area contributed by atoms with Crippen molar-refractivity contribution in [3.05, 3.63) is 42.1 Å². The maximum atomic E-state index is 5.65. The molecular weight excluding hydrogens is 316 g/mol. The molecule has 2 N–H and O–H groups in total. The maximum absolute atomic E-state index is 5.65. The smallest absolute Gasteiger partial charge is 0.191 e. The van der Waals surface area contributed by atoms with Gasteiger partial charge in [0.25, 0.3) is 0 Å². The molecule has 1 unspecified atom stereocenters. The lowest BCUT2D eigenvalue weighted by Gasteiger charge is -2.28. The third-order valence-electron chi connectivity index (χ3n) is 4.25. The Morgan fingerprint density at radius 2 is 2.08 bits per heavy atom. The van der Waals surface area contributed by atoms with Crippen molar-refractivity contribution in [2.45, 2.75) is 33.4 Å². The van der Waals surface area contributed by atoms with Gasteiger partial charge in [-0.05, 0) is 38.2 Å². The van der Waals surface area contributed by atoms with Crippen LogP contribution in [0.5, 0.6) is 0 Å². The van der Waals surface area contributed by atoms with E-state index in [-0.39, 0.29) is 6.04 Å². The Morgan fingerprint density at radius 1 is 1.28 bits per heavy atom. The maximum Gasteiger partial charge on any atom is 0.191 e. The van der Waals surface area contributed by atoms with Crippen LogP contribution in [-0.2, 0) is 13.6 Å². The van der Waals surface area contributed by atoms with Gasteiger partial charge in [-0.2, -0.15) is 5.10 Å². The molecule has 0 saturated heterocycles. The van der Waals surface area contributed by atoms with Gasteiger partial charge < -0.3 is 15.1 Å². The molecule has 7 nitrogen and oxygen atoms in total. The number of nitrogens with zero attached hydrogens (tertiary/aromatic N) is 4. The number of hydrogen-bond acceptors (Lipinski definition) is 4. The number of guanidine groups is 1. The van der Waals surface area contributed by atoms with Crippen LogP contribution in [0.2, 0.25) is 0 Å². The highest BCUT2D eigenvalue weighted by molar-refractivity contribution is 5.79. The third kappa shape index (κ3) is 5.35. The van der Waals surface area contributed by atoms with E-state index in [2.05, 4.69) is 46.4 Å². The Bertz CT molecular complexity index is 630. The van der Waals surface area contributed by atoms with Crippen LogP contribution in [0.3, 0.4) is 0 Å². The van der Waals surface area contributed by atoms with Crippen molar-refractivity contribution in [3.63, 3.8) is 0 Å². The van der Waals surface area contributed by atoms with Crippen molar-refractivity contribution >= 4 is 5.96 Å². The number of aliphatic imine (C=N–C) groups is 1. The first-order chi connectivity index (χ1) is 12.2. The Labute approximate surface area is 150 Å². The van der Waals surface area contributed by atoms with Crippen LogP contribution in [0.25, 0.3) is 0 Å². The van der Waals surface area contributed by atoms with Gasteiger partial charge in [0.05, 0.1) is 24.5 Å². The summed E-state index contributed by atoms with van der Waals surface area (Å²) in [6.45, 7) is 10.5. The summed E-state index contributed by atoms with van der Waals surface area (Å²) >= 11 is 0. The van der Waals surface area contributed by atoms with Crippen LogP contribution in [0.1, 0.15) is 38.3 Å². The average Bonchev–Trinajstić information content (AvgIpc) is 3.28. The average molecular weight is 346 g/mol. The fourth-order valence-corrected chi connectivity index (χ4v) is 2.81. The molecule has 0 spiro atoms. The molecule has 0 bridgehead atoms. The Hall–Kier alpha value is -2.28. The molecule has 0 aromatic carbocycles. The predicted octanol–water partition coefficient (Wildman–Crippen LogP) is 2.15. The highest BCUT2D eigenvalue weighted by atomic mass is 16.3. The zero-order valence-electron chi connectivity index (χ0n) is 15.7. The van der Waals surface area contributed by atoms with E-state index in [1.165, 1.54) is 0 Å². The number of likely N-dealkylation sites (N-methyl/N-ethyl adjacent to an activating group) is 1. The number of aryl methyl sites for hydroxylation is 1. The molecule has 2 rings (SSSR count). The number of aromatic nitrogens is 2. The van der Waals surface area contributed by atoms with Crippen molar-refractivity contribution in [2.24, 2.45) is 12.0 Å². The van der Waals surface area contributed by atoms with Crippen LogP contribution in [-0.4, -0.2) is 46.8 Å². The van der Waals surface area contributed by atoms with E-state index in [1.54, 1.807) is 12.5 Å². The lowest BCUT2D eigenvalue weighted by Crippen LogP contribution is -2.43. The number of furan rings is 1. The SMILES string of the molecule is CCNC(=NCc1ccnn1C)NCC(c1ccco1)N(CC)CC. The summed E-state index contributed by atoms with van der Waals surface area (Å²) in [5.74, 6) is 1.77. The van der Waals surface area contributed by atoms with Gasteiger partial charge >= 0.3 is 0 Å². The number of hydrogen-bond donors (Lipinski definition) is 2. The number of nitrogens with one attached hydrogen (secondary N) is 2. The summed E-state index contributed by atoms with van der Waals surface area (Å²) in [5, 5.41) is 10.9. The van der Waals surface area contributed by atoms with Crippen molar-refractivity contribution < 1.29 is 4.42 Å². The second-order valence-corrected chi connectivity index (χ2v) is 5.77. The van der Waals surface area contributed by atoms with Gasteiger partial charge in [-0.15, -0.1) is 0 Å². The molecule has 138 valence electrons. The van der Waals surface area contributed by atoms with E-state index in [0.29, 0.717) is 6.54 Å². The molecule has 2 aromatic rings. The summed E-state index contributed by atoms with van der Waals surface area (Å²) in [4.78, 5) is 7.04. The van der Waals surface area contributed by atoms with Gasteiger partial charge in [0.2, 0.25) is 0 Å². The molecule has 2 aromatic heterocycles. The monoisotopic (exact) mass is 346 g/mol. The van der Waals surface area contributed by atoms with E-state index >= 15 is 0 Å². The van der Waals surface area contributed by atoms with Crippen LogP contribution >= 0.6 is 0 Å². The molecule has 0 saturated carbocycles. The predicted molar refractivity (Wildman–Crippen MR) is 100 cm³/mol. The van der Waals surface area contributed by atoms with Crippen molar-refractivity contribution in [2.75, 3.05) is 26.2 Å². The van der Waals surface area contributed by atoms with Crippen LogP contribution in [0.4, 0.5) is 0 Å². The zero-order valence-corrected chi connectivity index (χ0v) is 15.7. The van der Waals surface area contributed by atoms with E-state index in [9.17, 15) is 0 Å². The van der Waals surface area contributed by atoms with Gasteiger partial charge in [0.1, 0.15) is 5.76 Å². The van der Waals surface area contributed by atoms with Gasteiger partial charge in [-0.1, -0.05) is 13.8 Å². The quantitative estimate of drug-likeness (QED) is 0.538. The van der Waals surface area contributed by atoms with Crippen LogP contribution < -0.4 is 10.6 Å². The lowest BCUT2D eigenvalue weighted by molar-refractivity contribution is 0.193. The van der Waals surface area contributed by atoms with E-state index in [1.807, 2.05) is 29.9 Å².